The van der Waals surface area contributed by atoms with Gasteiger partial charge in [-0.15, -0.1) is 0 Å². The van der Waals surface area contributed by atoms with Crippen LogP contribution >= 0.6 is 0 Å². The molecule has 2 N–H and O–H groups in total. The molecule has 5 nitrogen and oxygen atoms in total. The molecule has 5 heteroatoms. The molecule has 2 aromatic carbocycles. The largest absolute Gasteiger partial charge is 0.478 e. The van der Waals surface area contributed by atoms with E-state index in [0.29, 0.717) is 18.7 Å². The maximum Gasteiger partial charge on any atom is 0.335 e. The summed E-state index contributed by atoms with van der Waals surface area (Å²) in [5, 5.41) is 12.0. The first-order valence-electron chi connectivity index (χ1n) is 8.54. The van der Waals surface area contributed by atoms with Gasteiger partial charge in [-0.3, -0.25) is 4.79 Å². The van der Waals surface area contributed by atoms with Crippen molar-refractivity contribution in [2.24, 2.45) is 0 Å². The van der Waals surface area contributed by atoms with Crippen molar-refractivity contribution < 1.29 is 19.4 Å². The number of rotatable bonds is 7. The van der Waals surface area contributed by atoms with Crippen molar-refractivity contribution in [1.29, 1.82) is 0 Å². The van der Waals surface area contributed by atoms with Gasteiger partial charge in [0.05, 0.1) is 24.2 Å². The summed E-state index contributed by atoms with van der Waals surface area (Å²) in [5.74, 6) is -1.24. The second kappa shape index (κ2) is 8.63. The average molecular weight is 355 g/mol. The second-order valence-corrected chi connectivity index (χ2v) is 7.14. The Morgan fingerprint density at radius 3 is 2.42 bits per heavy atom. The quantitative estimate of drug-likeness (QED) is 0.796. The van der Waals surface area contributed by atoms with Crippen molar-refractivity contribution in [2.75, 3.05) is 0 Å². The summed E-state index contributed by atoms with van der Waals surface area (Å²) in [6, 6.07) is 14.4. The molecule has 0 heterocycles. The molecule has 0 fully saturated rings. The molecule has 26 heavy (non-hydrogen) atoms. The third-order valence-corrected chi connectivity index (χ3v) is 3.75. The van der Waals surface area contributed by atoms with Gasteiger partial charge in [-0.2, -0.15) is 0 Å². The molecule has 2 rings (SSSR count). The fourth-order valence-corrected chi connectivity index (χ4v) is 2.45. The zero-order valence-corrected chi connectivity index (χ0v) is 15.4. The molecule has 138 valence electrons. The van der Waals surface area contributed by atoms with Crippen molar-refractivity contribution >= 4 is 11.9 Å². The summed E-state index contributed by atoms with van der Waals surface area (Å²) in [4.78, 5) is 23.4. The number of carboxylic acids is 1. The summed E-state index contributed by atoms with van der Waals surface area (Å²) < 4.78 is 5.77. The van der Waals surface area contributed by atoms with E-state index in [-0.39, 0.29) is 23.5 Å². The van der Waals surface area contributed by atoms with Gasteiger partial charge in [0.25, 0.3) is 0 Å². The molecule has 0 spiro atoms. The molecule has 0 radical (unpaired) electrons. The standard InChI is InChI=1S/C21H25NO4/c1-21(2,3)26-14-16-8-6-7-15(11-16)13-22-19(23)12-17-9-4-5-10-18(17)20(24)25/h4-11H,12-14H2,1-3H3,(H,22,23)(H,24,25). The van der Waals surface area contributed by atoms with Crippen LogP contribution in [-0.4, -0.2) is 22.6 Å². The average Bonchev–Trinajstić information content (AvgIpc) is 2.58. The van der Waals surface area contributed by atoms with Crippen LogP contribution in [0.3, 0.4) is 0 Å². The SMILES string of the molecule is CC(C)(C)OCc1cccc(CNC(=O)Cc2ccccc2C(=O)O)c1. The summed E-state index contributed by atoms with van der Waals surface area (Å²) >= 11 is 0. The number of nitrogens with one attached hydrogen (secondary N) is 1. The lowest BCUT2D eigenvalue weighted by atomic mass is 10.0. The van der Waals surface area contributed by atoms with Gasteiger partial charge in [-0.05, 0) is 43.5 Å². The van der Waals surface area contributed by atoms with Gasteiger partial charge < -0.3 is 15.2 Å². The van der Waals surface area contributed by atoms with Crippen LogP contribution in [0, 0.1) is 0 Å². The Balaban J connectivity index is 1.93. The number of benzene rings is 2. The molecule has 0 aliphatic carbocycles. The molecule has 0 atom stereocenters. The lowest BCUT2D eigenvalue weighted by molar-refractivity contribution is -0.120. The van der Waals surface area contributed by atoms with Crippen molar-refractivity contribution in [1.82, 2.24) is 5.32 Å². The first-order chi connectivity index (χ1) is 12.2. The molecule has 0 aliphatic rings. The minimum absolute atomic E-state index is 0.0370. The third kappa shape index (κ3) is 6.33. The number of carbonyl (C=O) groups excluding carboxylic acids is 1. The van der Waals surface area contributed by atoms with Crippen LogP contribution in [0.5, 0.6) is 0 Å². The lowest BCUT2D eigenvalue weighted by Gasteiger charge is -2.19. The summed E-state index contributed by atoms with van der Waals surface area (Å²) in [6.45, 7) is 6.92. The number of hydrogen-bond acceptors (Lipinski definition) is 3. The fraction of sp³-hybridized carbons (Fsp3) is 0.333. The maximum absolute atomic E-state index is 12.2. The molecule has 1 amide bonds. The number of carbonyl (C=O) groups is 2. The number of ether oxygens (including phenoxy) is 1. The monoisotopic (exact) mass is 355 g/mol. The molecule has 0 aliphatic heterocycles. The topological polar surface area (TPSA) is 75.6 Å². The molecule has 2 aromatic rings. The highest BCUT2D eigenvalue weighted by Crippen LogP contribution is 2.13. The molecular weight excluding hydrogens is 330 g/mol. The molecular formula is C21H25NO4. The predicted molar refractivity (Wildman–Crippen MR) is 99.9 cm³/mol. The van der Waals surface area contributed by atoms with E-state index in [9.17, 15) is 14.7 Å². The number of hydrogen-bond donors (Lipinski definition) is 2. The molecule has 0 saturated heterocycles. The van der Waals surface area contributed by atoms with E-state index in [1.165, 1.54) is 6.07 Å². The number of amides is 1. The Bertz CT molecular complexity index is 778. The third-order valence-electron chi connectivity index (χ3n) is 3.75. The maximum atomic E-state index is 12.2. The highest BCUT2D eigenvalue weighted by Gasteiger charge is 2.13. The van der Waals surface area contributed by atoms with Crippen LogP contribution < -0.4 is 5.32 Å². The Hall–Kier alpha value is -2.66. The first-order valence-corrected chi connectivity index (χ1v) is 8.54. The van der Waals surface area contributed by atoms with Gasteiger partial charge in [0.15, 0.2) is 0 Å². The molecule has 0 saturated carbocycles. The Kier molecular flexibility index (Phi) is 6.52. The van der Waals surface area contributed by atoms with Crippen molar-refractivity contribution in [3.8, 4) is 0 Å². The Morgan fingerprint density at radius 2 is 1.73 bits per heavy atom. The normalized spacial score (nSPS) is 11.2. The van der Waals surface area contributed by atoms with Crippen LogP contribution in [0.25, 0.3) is 0 Å². The van der Waals surface area contributed by atoms with Crippen LogP contribution in [-0.2, 0) is 29.1 Å². The van der Waals surface area contributed by atoms with Gasteiger partial charge >= 0.3 is 5.97 Å². The van der Waals surface area contributed by atoms with E-state index in [0.717, 1.165) is 11.1 Å². The van der Waals surface area contributed by atoms with E-state index in [1.807, 2.05) is 45.0 Å². The summed E-state index contributed by atoms with van der Waals surface area (Å²) in [7, 11) is 0. The fourth-order valence-electron chi connectivity index (χ4n) is 2.45. The molecule has 0 unspecified atom stereocenters. The van der Waals surface area contributed by atoms with Crippen LogP contribution in [0.1, 0.15) is 47.8 Å². The number of carboxylic acid groups (broad SMARTS) is 1. The van der Waals surface area contributed by atoms with E-state index < -0.39 is 5.97 Å². The van der Waals surface area contributed by atoms with E-state index in [1.54, 1.807) is 18.2 Å². The highest BCUT2D eigenvalue weighted by molar-refractivity contribution is 5.91. The highest BCUT2D eigenvalue weighted by atomic mass is 16.5. The van der Waals surface area contributed by atoms with Crippen molar-refractivity contribution in [3.63, 3.8) is 0 Å². The van der Waals surface area contributed by atoms with E-state index >= 15 is 0 Å². The second-order valence-electron chi connectivity index (χ2n) is 7.14. The summed E-state index contributed by atoms with van der Waals surface area (Å²) in [5.41, 5.74) is 2.47. The van der Waals surface area contributed by atoms with Crippen LogP contribution in [0.15, 0.2) is 48.5 Å². The van der Waals surface area contributed by atoms with Crippen LogP contribution in [0.2, 0.25) is 0 Å². The van der Waals surface area contributed by atoms with E-state index in [2.05, 4.69) is 5.32 Å². The summed E-state index contributed by atoms with van der Waals surface area (Å²) in [6.07, 6.45) is 0.0370. The lowest BCUT2D eigenvalue weighted by Crippen LogP contribution is -2.25. The zero-order valence-electron chi connectivity index (χ0n) is 15.4. The zero-order chi connectivity index (χ0) is 19.2. The van der Waals surface area contributed by atoms with Gasteiger partial charge in [-0.25, -0.2) is 4.79 Å². The van der Waals surface area contributed by atoms with Gasteiger partial charge in [-0.1, -0.05) is 42.5 Å². The minimum Gasteiger partial charge on any atom is -0.478 e. The molecule has 0 bridgehead atoms. The van der Waals surface area contributed by atoms with Gasteiger partial charge in [0.1, 0.15) is 0 Å². The predicted octanol–water partition coefficient (Wildman–Crippen LogP) is 3.56. The van der Waals surface area contributed by atoms with Gasteiger partial charge in [0.2, 0.25) is 5.91 Å². The Labute approximate surface area is 154 Å². The van der Waals surface area contributed by atoms with Crippen LogP contribution in [0.4, 0.5) is 0 Å². The van der Waals surface area contributed by atoms with Crippen molar-refractivity contribution in [3.05, 3.63) is 70.8 Å². The number of aromatic carboxylic acids is 1. The smallest absolute Gasteiger partial charge is 0.335 e. The Morgan fingerprint density at radius 1 is 1.04 bits per heavy atom. The van der Waals surface area contributed by atoms with Gasteiger partial charge in [0, 0.05) is 6.54 Å². The molecule has 0 aromatic heterocycles. The van der Waals surface area contributed by atoms with E-state index in [4.69, 9.17) is 4.74 Å². The van der Waals surface area contributed by atoms with Crippen molar-refractivity contribution in [2.45, 2.75) is 45.9 Å². The first kappa shape index (κ1) is 19.7. The minimum atomic E-state index is -1.03.